The molecule has 0 bridgehead atoms. The van der Waals surface area contributed by atoms with Crippen molar-refractivity contribution in [3.63, 3.8) is 0 Å². The van der Waals surface area contributed by atoms with E-state index in [4.69, 9.17) is 0 Å². The van der Waals surface area contributed by atoms with Crippen molar-refractivity contribution in [2.24, 2.45) is 0 Å². The van der Waals surface area contributed by atoms with Gasteiger partial charge in [0.2, 0.25) is 5.75 Å². The summed E-state index contributed by atoms with van der Waals surface area (Å²) in [6, 6.07) is 17.9. The Morgan fingerprint density at radius 1 is 1.03 bits per heavy atom. The van der Waals surface area contributed by atoms with Crippen LogP contribution in [0.15, 0.2) is 53.3 Å². The first kappa shape index (κ1) is 20.3. The lowest BCUT2D eigenvalue weighted by Crippen LogP contribution is -2.22. The summed E-state index contributed by atoms with van der Waals surface area (Å²) in [5.74, 6) is -3.74. The highest BCUT2D eigenvalue weighted by Gasteiger charge is 2.30. The molecule has 0 saturated carbocycles. The maximum Gasteiger partial charge on any atom is 0.358 e. The second-order valence-electron chi connectivity index (χ2n) is 6.62. The van der Waals surface area contributed by atoms with Crippen LogP contribution in [0.2, 0.25) is 0 Å². The molecular formula is C22H16N4O4. The fraction of sp³-hybridized carbons (Fsp3) is 0.136. The summed E-state index contributed by atoms with van der Waals surface area (Å²) < 4.78 is 0. The number of nitriles is 2. The van der Waals surface area contributed by atoms with E-state index < -0.39 is 34.8 Å². The average molecular weight is 400 g/mol. The van der Waals surface area contributed by atoms with Gasteiger partial charge in [-0.2, -0.15) is 10.5 Å². The van der Waals surface area contributed by atoms with Crippen LogP contribution in [0.5, 0.6) is 5.75 Å². The van der Waals surface area contributed by atoms with E-state index in [1.165, 1.54) is 0 Å². The topological polar surface area (TPSA) is 151 Å². The van der Waals surface area contributed by atoms with Crippen molar-refractivity contribution in [2.45, 2.75) is 18.8 Å². The second kappa shape index (κ2) is 8.29. The predicted molar refractivity (Wildman–Crippen MR) is 106 cm³/mol. The third kappa shape index (κ3) is 3.62. The van der Waals surface area contributed by atoms with Gasteiger partial charge in [-0.25, -0.2) is 9.78 Å². The Bertz CT molecular complexity index is 1210. The molecule has 0 aliphatic rings. The molecular weight excluding hydrogens is 384 g/mol. The van der Waals surface area contributed by atoms with Gasteiger partial charge in [-0.05, 0) is 23.3 Å². The van der Waals surface area contributed by atoms with Crippen LogP contribution in [0.4, 0.5) is 0 Å². The van der Waals surface area contributed by atoms with Crippen molar-refractivity contribution >= 4 is 5.97 Å². The number of aromatic hydroxyl groups is 1. The van der Waals surface area contributed by atoms with E-state index in [1.807, 2.05) is 0 Å². The quantitative estimate of drug-likeness (QED) is 0.595. The van der Waals surface area contributed by atoms with Gasteiger partial charge in [0, 0.05) is 11.8 Å². The van der Waals surface area contributed by atoms with Crippen molar-refractivity contribution in [3.8, 4) is 17.9 Å². The number of aromatic carboxylic acids is 1. The number of hydrogen-bond acceptors (Lipinski definition) is 6. The van der Waals surface area contributed by atoms with Crippen molar-refractivity contribution in [1.82, 2.24) is 9.97 Å². The molecule has 1 heterocycles. The summed E-state index contributed by atoms with van der Waals surface area (Å²) in [7, 11) is 0. The van der Waals surface area contributed by atoms with Crippen LogP contribution >= 0.6 is 0 Å². The summed E-state index contributed by atoms with van der Waals surface area (Å²) in [5, 5.41) is 38.2. The minimum absolute atomic E-state index is 0.0145. The van der Waals surface area contributed by atoms with Crippen LogP contribution in [0, 0.1) is 22.7 Å². The molecule has 0 saturated heterocycles. The van der Waals surface area contributed by atoms with Gasteiger partial charge in [0.1, 0.15) is 5.82 Å². The molecule has 1 atom stereocenters. The molecule has 3 aromatic rings. The van der Waals surface area contributed by atoms with Crippen LogP contribution in [0.1, 0.15) is 57.3 Å². The van der Waals surface area contributed by atoms with E-state index in [9.17, 15) is 30.3 Å². The second-order valence-corrected chi connectivity index (χ2v) is 6.62. The Kier molecular flexibility index (Phi) is 5.61. The fourth-order valence-electron chi connectivity index (χ4n) is 3.45. The molecule has 3 N–H and O–H groups in total. The number of rotatable bonds is 5. The van der Waals surface area contributed by atoms with Crippen molar-refractivity contribution in [3.05, 3.63) is 92.7 Å². The van der Waals surface area contributed by atoms with Crippen LogP contribution in [-0.2, 0) is 0 Å². The van der Waals surface area contributed by atoms with Crippen LogP contribution in [-0.4, -0.2) is 26.2 Å². The van der Waals surface area contributed by atoms with Gasteiger partial charge in [0.05, 0.1) is 23.3 Å². The zero-order valence-electron chi connectivity index (χ0n) is 15.8. The van der Waals surface area contributed by atoms with Crippen molar-refractivity contribution in [2.75, 3.05) is 0 Å². The number of benzene rings is 2. The van der Waals surface area contributed by atoms with E-state index in [0.717, 1.165) is 0 Å². The van der Waals surface area contributed by atoms with Gasteiger partial charge in [-0.3, -0.25) is 4.79 Å². The summed E-state index contributed by atoms with van der Waals surface area (Å²) in [6.45, 7) is 1.70. The molecule has 2 aromatic carbocycles. The normalized spacial score (nSPS) is 11.5. The Labute approximate surface area is 171 Å². The number of hydrogen-bond donors (Lipinski definition) is 3. The zero-order chi connectivity index (χ0) is 21.8. The Balaban J connectivity index is 2.29. The minimum atomic E-state index is -1.54. The zero-order valence-corrected chi connectivity index (χ0v) is 15.8. The Hall–Kier alpha value is -4.43. The molecule has 30 heavy (non-hydrogen) atoms. The van der Waals surface area contributed by atoms with E-state index in [-0.39, 0.29) is 5.82 Å². The van der Waals surface area contributed by atoms with Crippen molar-refractivity contribution < 1.29 is 15.0 Å². The number of carboxylic acids is 1. The maximum absolute atomic E-state index is 12.1. The summed E-state index contributed by atoms with van der Waals surface area (Å²) in [6.07, 6.45) is 0. The first-order valence-corrected chi connectivity index (χ1v) is 8.93. The van der Waals surface area contributed by atoms with Gasteiger partial charge in [0.25, 0.3) is 5.56 Å². The van der Waals surface area contributed by atoms with Crippen LogP contribution in [0.3, 0.4) is 0 Å². The summed E-state index contributed by atoms with van der Waals surface area (Å²) >= 11 is 0. The molecule has 148 valence electrons. The molecule has 0 amide bonds. The lowest BCUT2D eigenvalue weighted by molar-refractivity contribution is 0.0685. The molecule has 0 spiro atoms. The monoisotopic (exact) mass is 400 g/mol. The number of nitrogens with one attached hydrogen (secondary N) is 1. The fourth-order valence-corrected chi connectivity index (χ4v) is 3.45. The van der Waals surface area contributed by atoms with E-state index in [1.54, 1.807) is 55.5 Å². The predicted octanol–water partition coefficient (Wildman–Crippen LogP) is 2.85. The molecule has 1 aromatic heterocycles. The Morgan fingerprint density at radius 3 is 2.00 bits per heavy atom. The van der Waals surface area contributed by atoms with Gasteiger partial charge < -0.3 is 15.2 Å². The first-order chi connectivity index (χ1) is 14.4. The van der Waals surface area contributed by atoms with E-state index in [0.29, 0.717) is 22.3 Å². The number of carbonyl (C=O) groups is 1. The highest BCUT2D eigenvalue weighted by molar-refractivity contribution is 5.88. The molecule has 1 unspecified atom stereocenters. The van der Waals surface area contributed by atoms with Crippen LogP contribution in [0.25, 0.3) is 0 Å². The number of carboxylic acid groups (broad SMARTS) is 1. The van der Waals surface area contributed by atoms with E-state index in [2.05, 4.69) is 22.1 Å². The average Bonchev–Trinajstić information content (AvgIpc) is 2.76. The summed E-state index contributed by atoms with van der Waals surface area (Å²) in [4.78, 5) is 29.9. The van der Waals surface area contributed by atoms with Gasteiger partial charge in [-0.1, -0.05) is 43.3 Å². The van der Waals surface area contributed by atoms with E-state index >= 15 is 0 Å². The maximum atomic E-state index is 12.1. The van der Waals surface area contributed by atoms with Crippen molar-refractivity contribution in [1.29, 1.82) is 10.5 Å². The number of H-pyrrole nitrogens is 1. The molecule has 3 rings (SSSR count). The number of aromatic nitrogens is 2. The molecule has 0 fully saturated rings. The largest absolute Gasteiger partial charge is 0.501 e. The molecule has 0 radical (unpaired) electrons. The molecule has 0 aliphatic heterocycles. The Morgan fingerprint density at radius 2 is 1.53 bits per heavy atom. The molecule has 0 aliphatic carbocycles. The van der Waals surface area contributed by atoms with Gasteiger partial charge >= 0.3 is 5.97 Å². The smallest absolute Gasteiger partial charge is 0.358 e. The third-order valence-electron chi connectivity index (χ3n) is 4.88. The highest BCUT2D eigenvalue weighted by Crippen LogP contribution is 2.39. The molecule has 8 nitrogen and oxygen atoms in total. The first-order valence-electron chi connectivity index (χ1n) is 8.93. The highest BCUT2D eigenvalue weighted by atomic mass is 16.4. The van der Waals surface area contributed by atoms with Gasteiger partial charge in [0.15, 0.2) is 5.69 Å². The van der Waals surface area contributed by atoms with Crippen LogP contribution < -0.4 is 5.56 Å². The minimum Gasteiger partial charge on any atom is -0.501 e. The van der Waals surface area contributed by atoms with Gasteiger partial charge in [-0.15, -0.1) is 0 Å². The lowest BCUT2D eigenvalue weighted by Gasteiger charge is -2.26. The lowest BCUT2D eigenvalue weighted by atomic mass is 9.78. The third-order valence-corrected chi connectivity index (χ3v) is 4.88. The SMILES string of the molecule is CC(c1nc(C(=O)O)c(O)c(=O)[nH]1)C(c1ccccc1C#N)c1ccccc1C#N. The standard InChI is InChI=1S/C22H16N4O4/c1-12(20-25-18(22(29)30)19(27)21(28)26-20)17(15-8-4-2-6-13(15)10-23)16-9-5-3-7-14(16)11-24/h2-9,12,17,27H,1H3,(H,29,30)(H,25,26,28). The number of nitrogens with zero attached hydrogens (tertiary/aromatic N) is 3. The molecule has 8 heteroatoms. The number of aromatic amines is 1. The summed E-state index contributed by atoms with van der Waals surface area (Å²) in [5.41, 5.74) is 0.209.